The summed E-state index contributed by atoms with van der Waals surface area (Å²) in [5.41, 5.74) is 4.01. The fourth-order valence-electron chi connectivity index (χ4n) is 4.06. The number of amides is 1. The topological polar surface area (TPSA) is 65.4 Å². The standard InChI is InChI=1S/C29H33N3O3/c1-22-11-13-23(14-12-22)29(33)30-19-7-10-28-31-26-8-3-4-9-27(26)32(28)20-5-6-21-35-25-17-15-24(34-2)16-18-25/h3-4,8-9,11-18H,5-7,10,19-21H2,1-2H3,(H,30,33). The number of rotatable bonds is 12. The van der Waals surface area contributed by atoms with Gasteiger partial charge in [-0.25, -0.2) is 4.98 Å². The molecule has 0 aliphatic rings. The zero-order chi connectivity index (χ0) is 24.5. The Morgan fingerprint density at radius 1 is 0.914 bits per heavy atom. The van der Waals surface area contributed by atoms with E-state index in [2.05, 4.69) is 28.1 Å². The zero-order valence-corrected chi connectivity index (χ0v) is 20.5. The largest absolute Gasteiger partial charge is 0.497 e. The van der Waals surface area contributed by atoms with Gasteiger partial charge in [-0.15, -0.1) is 0 Å². The first-order valence-corrected chi connectivity index (χ1v) is 12.2. The van der Waals surface area contributed by atoms with Crippen LogP contribution in [0.2, 0.25) is 0 Å². The van der Waals surface area contributed by atoms with Crippen LogP contribution in [0.5, 0.6) is 11.5 Å². The number of benzene rings is 3. The van der Waals surface area contributed by atoms with Crippen LogP contribution < -0.4 is 14.8 Å². The van der Waals surface area contributed by atoms with Crippen LogP contribution in [-0.4, -0.2) is 35.7 Å². The summed E-state index contributed by atoms with van der Waals surface area (Å²) in [4.78, 5) is 17.2. The van der Waals surface area contributed by atoms with Crippen molar-refractivity contribution in [3.05, 3.63) is 89.7 Å². The molecule has 4 aromatic rings. The number of carbonyl (C=O) groups excluding carboxylic acids is 1. The number of imidazole rings is 1. The van der Waals surface area contributed by atoms with E-state index < -0.39 is 0 Å². The summed E-state index contributed by atoms with van der Waals surface area (Å²) < 4.78 is 13.4. The van der Waals surface area contributed by atoms with E-state index in [1.807, 2.05) is 61.5 Å². The van der Waals surface area contributed by atoms with Crippen LogP contribution in [0.4, 0.5) is 0 Å². The molecule has 35 heavy (non-hydrogen) atoms. The number of nitrogens with one attached hydrogen (secondary N) is 1. The summed E-state index contributed by atoms with van der Waals surface area (Å²) in [6.45, 7) is 4.18. The van der Waals surface area contributed by atoms with Crippen molar-refractivity contribution in [3.63, 3.8) is 0 Å². The summed E-state index contributed by atoms with van der Waals surface area (Å²) >= 11 is 0. The van der Waals surface area contributed by atoms with Crippen molar-refractivity contribution in [1.29, 1.82) is 0 Å². The van der Waals surface area contributed by atoms with Crippen molar-refractivity contribution in [1.82, 2.24) is 14.9 Å². The Hall–Kier alpha value is -3.80. The molecule has 0 atom stereocenters. The van der Waals surface area contributed by atoms with Gasteiger partial charge in [0.15, 0.2) is 0 Å². The van der Waals surface area contributed by atoms with Crippen LogP contribution in [-0.2, 0) is 13.0 Å². The fourth-order valence-corrected chi connectivity index (χ4v) is 4.06. The van der Waals surface area contributed by atoms with Gasteiger partial charge >= 0.3 is 0 Å². The molecule has 6 heteroatoms. The van der Waals surface area contributed by atoms with Crippen LogP contribution in [0.1, 0.15) is 41.0 Å². The molecule has 0 aliphatic carbocycles. The van der Waals surface area contributed by atoms with E-state index in [9.17, 15) is 4.79 Å². The number of hydrogen-bond acceptors (Lipinski definition) is 4. The monoisotopic (exact) mass is 471 g/mol. The number of aryl methyl sites for hydroxylation is 3. The lowest BCUT2D eigenvalue weighted by Gasteiger charge is -2.11. The highest BCUT2D eigenvalue weighted by atomic mass is 16.5. The third-order valence-corrected chi connectivity index (χ3v) is 6.01. The molecule has 0 radical (unpaired) electrons. The summed E-state index contributed by atoms with van der Waals surface area (Å²) in [5.74, 6) is 2.71. The predicted octanol–water partition coefficient (Wildman–Crippen LogP) is 5.58. The molecule has 6 nitrogen and oxygen atoms in total. The van der Waals surface area contributed by atoms with Crippen LogP contribution in [0.25, 0.3) is 11.0 Å². The van der Waals surface area contributed by atoms with Gasteiger partial charge in [-0.3, -0.25) is 4.79 Å². The normalized spacial score (nSPS) is 10.9. The summed E-state index contributed by atoms with van der Waals surface area (Å²) in [6.07, 6.45) is 3.59. The van der Waals surface area contributed by atoms with Gasteiger partial charge in [0, 0.05) is 25.1 Å². The number of ether oxygens (including phenoxy) is 2. The minimum absolute atomic E-state index is 0.0321. The van der Waals surface area contributed by atoms with E-state index in [-0.39, 0.29) is 5.91 Å². The minimum Gasteiger partial charge on any atom is -0.497 e. The molecule has 0 bridgehead atoms. The molecule has 0 spiro atoms. The molecule has 0 unspecified atom stereocenters. The first-order chi connectivity index (χ1) is 17.1. The highest BCUT2D eigenvalue weighted by Gasteiger charge is 2.11. The van der Waals surface area contributed by atoms with Gasteiger partial charge in [0.1, 0.15) is 17.3 Å². The Bertz CT molecular complexity index is 1230. The molecule has 0 aliphatic heterocycles. The Balaban J connectivity index is 1.27. The predicted molar refractivity (Wildman–Crippen MR) is 139 cm³/mol. The lowest BCUT2D eigenvalue weighted by atomic mass is 10.1. The number of methoxy groups -OCH3 is 1. The first kappa shape index (κ1) is 24.3. The molecule has 1 heterocycles. The Morgan fingerprint density at radius 2 is 1.66 bits per heavy atom. The van der Waals surface area contributed by atoms with Gasteiger partial charge in [-0.1, -0.05) is 29.8 Å². The second-order valence-electron chi connectivity index (χ2n) is 8.62. The SMILES string of the molecule is COc1ccc(OCCCCn2c(CCCNC(=O)c3ccc(C)cc3)nc3ccccc32)cc1. The van der Waals surface area contributed by atoms with Crippen molar-refractivity contribution in [2.75, 3.05) is 20.3 Å². The van der Waals surface area contributed by atoms with E-state index >= 15 is 0 Å². The summed E-state index contributed by atoms with van der Waals surface area (Å²) in [7, 11) is 1.66. The first-order valence-electron chi connectivity index (χ1n) is 12.2. The van der Waals surface area contributed by atoms with Crippen LogP contribution in [0.15, 0.2) is 72.8 Å². The average Bonchev–Trinajstić information content (AvgIpc) is 3.24. The molecule has 1 N–H and O–H groups in total. The van der Waals surface area contributed by atoms with Gasteiger partial charge in [-0.2, -0.15) is 0 Å². The lowest BCUT2D eigenvalue weighted by molar-refractivity contribution is 0.0953. The Morgan fingerprint density at radius 3 is 2.43 bits per heavy atom. The second kappa shape index (κ2) is 12.1. The number of carbonyl (C=O) groups is 1. The van der Waals surface area contributed by atoms with E-state index in [4.69, 9.17) is 14.5 Å². The zero-order valence-electron chi connectivity index (χ0n) is 20.5. The number of nitrogens with zero attached hydrogens (tertiary/aromatic N) is 2. The summed E-state index contributed by atoms with van der Waals surface area (Å²) in [5, 5.41) is 3.02. The lowest BCUT2D eigenvalue weighted by Crippen LogP contribution is -2.25. The van der Waals surface area contributed by atoms with Crippen molar-refractivity contribution in [2.45, 2.75) is 39.2 Å². The Kier molecular flexibility index (Phi) is 8.39. The van der Waals surface area contributed by atoms with Gasteiger partial charge in [0.2, 0.25) is 0 Å². The van der Waals surface area contributed by atoms with E-state index in [0.29, 0.717) is 18.7 Å². The van der Waals surface area contributed by atoms with Gasteiger partial charge in [-0.05, 0) is 74.7 Å². The van der Waals surface area contributed by atoms with Crippen LogP contribution in [0, 0.1) is 6.92 Å². The molecule has 1 aromatic heterocycles. The number of aromatic nitrogens is 2. The minimum atomic E-state index is -0.0321. The maximum atomic E-state index is 12.4. The molecule has 1 amide bonds. The quantitative estimate of drug-likeness (QED) is 0.274. The highest BCUT2D eigenvalue weighted by Crippen LogP contribution is 2.19. The Labute approximate surface area is 206 Å². The van der Waals surface area contributed by atoms with E-state index in [1.165, 1.54) is 0 Å². The average molecular weight is 472 g/mol. The van der Waals surface area contributed by atoms with Crippen LogP contribution in [0.3, 0.4) is 0 Å². The molecule has 0 saturated carbocycles. The smallest absolute Gasteiger partial charge is 0.251 e. The van der Waals surface area contributed by atoms with Gasteiger partial charge in [0.25, 0.3) is 5.91 Å². The molecular weight excluding hydrogens is 438 g/mol. The highest BCUT2D eigenvalue weighted by molar-refractivity contribution is 5.94. The van der Waals surface area contributed by atoms with Crippen molar-refractivity contribution in [2.24, 2.45) is 0 Å². The molecule has 0 fully saturated rings. The second-order valence-corrected chi connectivity index (χ2v) is 8.62. The third kappa shape index (κ3) is 6.63. The molecule has 0 saturated heterocycles. The number of hydrogen-bond donors (Lipinski definition) is 1. The molecular formula is C29H33N3O3. The van der Waals surface area contributed by atoms with Crippen molar-refractivity contribution in [3.8, 4) is 11.5 Å². The third-order valence-electron chi connectivity index (χ3n) is 6.01. The fraction of sp³-hybridized carbons (Fsp3) is 0.310. The summed E-state index contributed by atoms with van der Waals surface area (Å²) in [6, 6.07) is 23.6. The molecule has 182 valence electrons. The number of unbranched alkanes of at least 4 members (excludes halogenated alkanes) is 1. The van der Waals surface area contributed by atoms with Gasteiger partial charge in [0.05, 0.1) is 24.8 Å². The van der Waals surface area contributed by atoms with E-state index in [1.54, 1.807) is 7.11 Å². The number of fused-ring (bicyclic) bond motifs is 1. The van der Waals surface area contributed by atoms with Crippen LogP contribution >= 0.6 is 0 Å². The number of para-hydroxylation sites is 2. The maximum Gasteiger partial charge on any atom is 0.251 e. The van der Waals surface area contributed by atoms with Crippen molar-refractivity contribution >= 4 is 16.9 Å². The van der Waals surface area contributed by atoms with E-state index in [0.717, 1.165) is 66.1 Å². The van der Waals surface area contributed by atoms with Crippen molar-refractivity contribution < 1.29 is 14.3 Å². The van der Waals surface area contributed by atoms with Gasteiger partial charge < -0.3 is 19.4 Å². The molecule has 3 aromatic carbocycles. The maximum absolute atomic E-state index is 12.4. The molecule has 4 rings (SSSR count).